The lowest BCUT2D eigenvalue weighted by atomic mass is 9.86. The average molecular weight is 317 g/mol. The van der Waals surface area contributed by atoms with E-state index >= 15 is 0 Å². The second kappa shape index (κ2) is 6.85. The van der Waals surface area contributed by atoms with Gasteiger partial charge < -0.3 is 5.32 Å². The zero-order valence-corrected chi connectivity index (χ0v) is 13.1. The van der Waals surface area contributed by atoms with Crippen molar-refractivity contribution in [3.8, 4) is 11.4 Å². The Morgan fingerprint density at radius 1 is 1.39 bits per heavy atom. The molecule has 1 aromatic carbocycles. The topological polar surface area (TPSA) is 72.7 Å². The molecule has 0 aliphatic heterocycles. The Labute approximate surface area is 134 Å². The first kappa shape index (κ1) is 15.6. The SMILES string of the molecule is CC1CCCCC1NC(=O)Cn1nnc(-c2cccc(F)c2)n1. The van der Waals surface area contributed by atoms with Crippen LogP contribution in [0.5, 0.6) is 0 Å². The fraction of sp³-hybridized carbons (Fsp3) is 0.500. The number of carbonyl (C=O) groups is 1. The van der Waals surface area contributed by atoms with E-state index in [0.717, 1.165) is 19.3 Å². The van der Waals surface area contributed by atoms with Crippen molar-refractivity contribution in [3.05, 3.63) is 30.1 Å². The van der Waals surface area contributed by atoms with Gasteiger partial charge in [0.15, 0.2) is 0 Å². The van der Waals surface area contributed by atoms with E-state index in [2.05, 4.69) is 27.7 Å². The number of hydrogen-bond donors (Lipinski definition) is 1. The third-order valence-electron chi connectivity index (χ3n) is 4.28. The van der Waals surface area contributed by atoms with Gasteiger partial charge >= 0.3 is 0 Å². The number of aromatic nitrogens is 4. The van der Waals surface area contributed by atoms with Crippen molar-refractivity contribution in [2.45, 2.75) is 45.2 Å². The maximum Gasteiger partial charge on any atom is 0.243 e. The first-order valence-corrected chi connectivity index (χ1v) is 7.95. The van der Waals surface area contributed by atoms with Gasteiger partial charge in [-0.2, -0.15) is 4.80 Å². The summed E-state index contributed by atoms with van der Waals surface area (Å²) in [6.07, 6.45) is 4.55. The van der Waals surface area contributed by atoms with E-state index in [0.29, 0.717) is 17.3 Å². The van der Waals surface area contributed by atoms with E-state index < -0.39 is 0 Å². The third kappa shape index (κ3) is 3.91. The number of rotatable bonds is 4. The molecule has 7 heteroatoms. The second-order valence-corrected chi connectivity index (χ2v) is 6.09. The summed E-state index contributed by atoms with van der Waals surface area (Å²) in [6.45, 7) is 2.19. The maximum atomic E-state index is 13.2. The van der Waals surface area contributed by atoms with Crippen molar-refractivity contribution in [2.24, 2.45) is 5.92 Å². The lowest BCUT2D eigenvalue weighted by molar-refractivity contribution is -0.123. The monoisotopic (exact) mass is 317 g/mol. The van der Waals surface area contributed by atoms with Crippen LogP contribution in [0.1, 0.15) is 32.6 Å². The van der Waals surface area contributed by atoms with Crippen LogP contribution in [0.3, 0.4) is 0 Å². The van der Waals surface area contributed by atoms with Crippen LogP contribution in [0.25, 0.3) is 11.4 Å². The van der Waals surface area contributed by atoms with Gasteiger partial charge in [-0.25, -0.2) is 4.39 Å². The Morgan fingerprint density at radius 3 is 3.00 bits per heavy atom. The molecule has 1 heterocycles. The number of halogens is 1. The van der Waals surface area contributed by atoms with Gasteiger partial charge in [0.2, 0.25) is 11.7 Å². The average Bonchev–Trinajstić information content (AvgIpc) is 2.98. The van der Waals surface area contributed by atoms with Gasteiger partial charge in [-0.15, -0.1) is 10.2 Å². The Kier molecular flexibility index (Phi) is 4.64. The van der Waals surface area contributed by atoms with E-state index in [1.54, 1.807) is 12.1 Å². The number of carbonyl (C=O) groups excluding carboxylic acids is 1. The number of nitrogens with zero attached hydrogens (tertiary/aromatic N) is 4. The molecule has 23 heavy (non-hydrogen) atoms. The van der Waals surface area contributed by atoms with Gasteiger partial charge in [0.1, 0.15) is 12.4 Å². The molecule has 1 aliphatic carbocycles. The molecule has 3 rings (SSSR count). The molecule has 2 unspecified atom stereocenters. The van der Waals surface area contributed by atoms with Crippen molar-refractivity contribution < 1.29 is 9.18 Å². The molecule has 1 saturated carbocycles. The summed E-state index contributed by atoms with van der Waals surface area (Å²) in [5.74, 6) is 0.331. The van der Waals surface area contributed by atoms with Gasteiger partial charge in [-0.1, -0.05) is 31.9 Å². The molecule has 2 atom stereocenters. The van der Waals surface area contributed by atoms with E-state index in [1.165, 1.54) is 23.4 Å². The predicted molar refractivity (Wildman–Crippen MR) is 82.8 cm³/mol. The smallest absolute Gasteiger partial charge is 0.243 e. The van der Waals surface area contributed by atoms with Gasteiger partial charge in [0.25, 0.3) is 0 Å². The van der Waals surface area contributed by atoms with Gasteiger partial charge in [-0.3, -0.25) is 4.79 Å². The fourth-order valence-corrected chi connectivity index (χ4v) is 2.96. The second-order valence-electron chi connectivity index (χ2n) is 6.09. The third-order valence-corrected chi connectivity index (χ3v) is 4.28. The van der Waals surface area contributed by atoms with Gasteiger partial charge in [0.05, 0.1) is 0 Å². The van der Waals surface area contributed by atoms with Crippen molar-refractivity contribution in [1.82, 2.24) is 25.5 Å². The molecule has 6 nitrogen and oxygen atoms in total. The summed E-state index contributed by atoms with van der Waals surface area (Å²) in [6, 6.07) is 6.21. The van der Waals surface area contributed by atoms with Crippen molar-refractivity contribution in [2.75, 3.05) is 0 Å². The summed E-state index contributed by atoms with van der Waals surface area (Å²) >= 11 is 0. The summed E-state index contributed by atoms with van der Waals surface area (Å²) in [4.78, 5) is 13.4. The van der Waals surface area contributed by atoms with Crippen molar-refractivity contribution >= 4 is 5.91 Å². The summed E-state index contributed by atoms with van der Waals surface area (Å²) in [7, 11) is 0. The lowest BCUT2D eigenvalue weighted by Gasteiger charge is -2.29. The van der Waals surface area contributed by atoms with Crippen LogP contribution in [0.4, 0.5) is 4.39 Å². The molecule has 0 saturated heterocycles. The first-order valence-electron chi connectivity index (χ1n) is 7.95. The highest BCUT2D eigenvalue weighted by molar-refractivity contribution is 5.75. The Morgan fingerprint density at radius 2 is 2.22 bits per heavy atom. The predicted octanol–water partition coefficient (Wildman–Crippen LogP) is 2.17. The summed E-state index contributed by atoms with van der Waals surface area (Å²) in [5.41, 5.74) is 0.539. The van der Waals surface area contributed by atoms with Crippen LogP contribution in [-0.4, -0.2) is 32.2 Å². The molecule has 1 aliphatic rings. The molecular formula is C16H20FN5O. The molecule has 1 fully saturated rings. The Balaban J connectivity index is 1.61. The quantitative estimate of drug-likeness (QED) is 0.938. The lowest BCUT2D eigenvalue weighted by Crippen LogP contribution is -2.42. The molecule has 122 valence electrons. The van der Waals surface area contributed by atoms with Gasteiger partial charge in [0, 0.05) is 11.6 Å². The van der Waals surface area contributed by atoms with E-state index in [9.17, 15) is 9.18 Å². The van der Waals surface area contributed by atoms with Crippen molar-refractivity contribution in [3.63, 3.8) is 0 Å². The maximum absolute atomic E-state index is 13.2. The highest BCUT2D eigenvalue weighted by Gasteiger charge is 2.23. The first-order chi connectivity index (χ1) is 11.1. The minimum atomic E-state index is -0.358. The van der Waals surface area contributed by atoms with Crippen molar-refractivity contribution in [1.29, 1.82) is 0 Å². The zero-order chi connectivity index (χ0) is 16.2. The number of hydrogen-bond acceptors (Lipinski definition) is 4. The molecular weight excluding hydrogens is 297 g/mol. The van der Waals surface area contributed by atoms with Crippen LogP contribution >= 0.6 is 0 Å². The summed E-state index contributed by atoms with van der Waals surface area (Å²) in [5, 5.41) is 14.9. The van der Waals surface area contributed by atoms with Crippen LogP contribution in [-0.2, 0) is 11.3 Å². The Hall–Kier alpha value is -2.31. The van der Waals surface area contributed by atoms with Crippen LogP contribution < -0.4 is 5.32 Å². The van der Waals surface area contributed by atoms with Gasteiger partial charge in [-0.05, 0) is 36.1 Å². The highest BCUT2D eigenvalue weighted by Crippen LogP contribution is 2.23. The molecule has 0 radical (unpaired) electrons. The van der Waals surface area contributed by atoms with E-state index in [4.69, 9.17) is 0 Å². The number of benzene rings is 1. The number of amides is 1. The minimum absolute atomic E-state index is 0.0194. The Bertz CT molecular complexity index is 687. The minimum Gasteiger partial charge on any atom is -0.351 e. The molecule has 1 N–H and O–H groups in total. The molecule has 0 spiro atoms. The number of tetrazole rings is 1. The van der Waals surface area contributed by atoms with E-state index in [1.807, 2.05) is 0 Å². The number of nitrogens with one attached hydrogen (secondary N) is 1. The molecule has 1 amide bonds. The van der Waals surface area contributed by atoms with Crippen LogP contribution in [0, 0.1) is 11.7 Å². The normalized spacial score (nSPS) is 21.1. The fourth-order valence-electron chi connectivity index (χ4n) is 2.96. The zero-order valence-electron chi connectivity index (χ0n) is 13.1. The van der Waals surface area contributed by atoms with Crippen LogP contribution in [0.15, 0.2) is 24.3 Å². The van der Waals surface area contributed by atoms with Crippen LogP contribution in [0.2, 0.25) is 0 Å². The molecule has 2 aromatic rings. The largest absolute Gasteiger partial charge is 0.351 e. The highest BCUT2D eigenvalue weighted by atomic mass is 19.1. The van der Waals surface area contributed by atoms with E-state index in [-0.39, 0.29) is 24.3 Å². The molecule has 1 aromatic heterocycles. The molecule has 0 bridgehead atoms. The standard InChI is InChI=1S/C16H20FN5O/c1-11-5-2-3-8-14(11)18-15(23)10-22-20-16(19-21-22)12-6-4-7-13(17)9-12/h4,6-7,9,11,14H,2-3,5,8,10H2,1H3,(H,18,23). The summed E-state index contributed by atoms with van der Waals surface area (Å²) < 4.78 is 13.2.